The first kappa shape index (κ1) is 15.8. The Morgan fingerprint density at radius 3 is 2.48 bits per heavy atom. The number of amides is 1. The van der Waals surface area contributed by atoms with Crippen LogP contribution < -0.4 is 0 Å². The van der Waals surface area contributed by atoms with Crippen LogP contribution in [0.15, 0.2) is 0 Å². The fourth-order valence-electron chi connectivity index (χ4n) is 2.64. The van der Waals surface area contributed by atoms with Gasteiger partial charge in [0, 0.05) is 19.4 Å². The van der Waals surface area contributed by atoms with Crippen LogP contribution in [-0.4, -0.2) is 59.3 Å². The standard InChI is InChI=1S/C14H21NO6/c1-13(2,3)21-12(19)15-4-5-20-10(8-15)14(11(17)18)6-9(16)7-14/h10H,4-8H2,1-3H3,(H,17,18). The Labute approximate surface area is 123 Å². The average Bonchev–Trinajstić information content (AvgIpc) is 2.32. The highest BCUT2D eigenvalue weighted by Crippen LogP contribution is 2.44. The summed E-state index contributed by atoms with van der Waals surface area (Å²) in [4.78, 5) is 36.2. The van der Waals surface area contributed by atoms with E-state index in [0.717, 1.165) is 0 Å². The predicted octanol–water partition coefficient (Wildman–Crippen LogP) is 1.06. The third-order valence-electron chi connectivity index (χ3n) is 3.79. The molecule has 1 heterocycles. The molecule has 1 unspecified atom stereocenters. The highest BCUT2D eigenvalue weighted by molar-refractivity contribution is 5.97. The number of ketones is 1. The summed E-state index contributed by atoms with van der Waals surface area (Å²) in [6.45, 7) is 6.04. The van der Waals surface area contributed by atoms with E-state index in [0.29, 0.717) is 6.54 Å². The summed E-state index contributed by atoms with van der Waals surface area (Å²) < 4.78 is 10.8. The van der Waals surface area contributed by atoms with Crippen molar-refractivity contribution in [1.82, 2.24) is 4.90 Å². The number of Topliss-reactive ketones (excluding diaryl/α,β-unsaturated/α-hetero) is 1. The number of rotatable bonds is 2. The second kappa shape index (κ2) is 5.29. The number of carboxylic acids is 1. The number of carboxylic acid groups (broad SMARTS) is 1. The summed E-state index contributed by atoms with van der Waals surface area (Å²) in [6, 6.07) is 0. The molecule has 0 bridgehead atoms. The molecule has 1 atom stereocenters. The lowest BCUT2D eigenvalue weighted by molar-refractivity contribution is -0.181. The van der Waals surface area contributed by atoms with Gasteiger partial charge in [-0.1, -0.05) is 0 Å². The van der Waals surface area contributed by atoms with E-state index in [4.69, 9.17) is 9.47 Å². The van der Waals surface area contributed by atoms with Crippen LogP contribution in [0.3, 0.4) is 0 Å². The van der Waals surface area contributed by atoms with E-state index < -0.39 is 29.2 Å². The molecule has 1 aliphatic carbocycles. The van der Waals surface area contributed by atoms with Crippen LogP contribution in [0.1, 0.15) is 33.6 Å². The minimum absolute atomic E-state index is 0.0326. The predicted molar refractivity (Wildman–Crippen MR) is 71.9 cm³/mol. The van der Waals surface area contributed by atoms with Crippen molar-refractivity contribution in [2.24, 2.45) is 5.41 Å². The van der Waals surface area contributed by atoms with E-state index in [2.05, 4.69) is 0 Å². The Balaban J connectivity index is 2.05. The van der Waals surface area contributed by atoms with Crippen molar-refractivity contribution in [2.75, 3.05) is 19.7 Å². The van der Waals surface area contributed by atoms with Gasteiger partial charge in [0.2, 0.25) is 0 Å². The van der Waals surface area contributed by atoms with Crippen molar-refractivity contribution >= 4 is 17.8 Å². The molecule has 0 spiro atoms. The number of carbonyl (C=O) groups excluding carboxylic acids is 2. The quantitative estimate of drug-likeness (QED) is 0.819. The normalized spacial score (nSPS) is 25.2. The molecule has 0 aromatic rings. The first-order valence-electron chi connectivity index (χ1n) is 6.99. The number of aliphatic carboxylic acids is 1. The molecular weight excluding hydrogens is 278 g/mol. The van der Waals surface area contributed by atoms with Gasteiger partial charge in [-0.2, -0.15) is 0 Å². The Hall–Kier alpha value is -1.63. The van der Waals surface area contributed by atoms with Crippen LogP contribution in [0.5, 0.6) is 0 Å². The number of hydrogen-bond acceptors (Lipinski definition) is 5. The van der Waals surface area contributed by atoms with Crippen molar-refractivity contribution in [3.8, 4) is 0 Å². The van der Waals surface area contributed by atoms with Gasteiger partial charge in [-0.05, 0) is 20.8 Å². The van der Waals surface area contributed by atoms with Gasteiger partial charge >= 0.3 is 12.1 Å². The van der Waals surface area contributed by atoms with Gasteiger partial charge in [0.05, 0.1) is 19.3 Å². The summed E-state index contributed by atoms with van der Waals surface area (Å²) in [6.07, 6.45) is -1.22. The van der Waals surface area contributed by atoms with Crippen molar-refractivity contribution in [3.05, 3.63) is 0 Å². The van der Waals surface area contributed by atoms with E-state index in [1.165, 1.54) is 4.90 Å². The largest absolute Gasteiger partial charge is 0.481 e. The zero-order valence-electron chi connectivity index (χ0n) is 12.5. The maximum Gasteiger partial charge on any atom is 0.410 e. The van der Waals surface area contributed by atoms with Crippen LogP contribution >= 0.6 is 0 Å². The Morgan fingerprint density at radius 1 is 1.38 bits per heavy atom. The van der Waals surface area contributed by atoms with Crippen LogP contribution in [0.4, 0.5) is 4.79 Å². The molecule has 1 N–H and O–H groups in total. The molecule has 21 heavy (non-hydrogen) atoms. The number of nitrogens with zero attached hydrogens (tertiary/aromatic N) is 1. The molecule has 2 rings (SSSR count). The van der Waals surface area contributed by atoms with Crippen molar-refractivity contribution in [2.45, 2.75) is 45.3 Å². The van der Waals surface area contributed by atoms with Crippen LogP contribution in [0, 0.1) is 5.41 Å². The molecule has 2 aliphatic rings. The van der Waals surface area contributed by atoms with Gasteiger partial charge in [-0.15, -0.1) is 0 Å². The summed E-state index contributed by atoms with van der Waals surface area (Å²) in [5.74, 6) is -1.13. The van der Waals surface area contributed by atoms with Crippen LogP contribution in [-0.2, 0) is 19.1 Å². The van der Waals surface area contributed by atoms with Crippen molar-refractivity contribution in [1.29, 1.82) is 0 Å². The molecule has 1 aliphatic heterocycles. The second-order valence-corrected chi connectivity index (χ2v) is 6.64. The molecule has 2 fully saturated rings. The van der Waals surface area contributed by atoms with Crippen molar-refractivity contribution < 1.29 is 29.0 Å². The van der Waals surface area contributed by atoms with Crippen LogP contribution in [0.25, 0.3) is 0 Å². The third kappa shape index (κ3) is 3.18. The molecule has 1 amide bonds. The highest BCUT2D eigenvalue weighted by Gasteiger charge is 2.57. The zero-order valence-corrected chi connectivity index (χ0v) is 12.5. The average molecular weight is 299 g/mol. The zero-order chi connectivity index (χ0) is 15.8. The molecule has 0 aromatic carbocycles. The summed E-state index contributed by atoms with van der Waals surface area (Å²) >= 11 is 0. The van der Waals surface area contributed by atoms with E-state index in [-0.39, 0.29) is 31.8 Å². The summed E-state index contributed by atoms with van der Waals surface area (Å²) in [5.41, 5.74) is -1.81. The monoisotopic (exact) mass is 299 g/mol. The molecule has 7 nitrogen and oxygen atoms in total. The van der Waals surface area contributed by atoms with E-state index in [1.54, 1.807) is 20.8 Å². The lowest BCUT2D eigenvalue weighted by Crippen LogP contribution is -2.60. The van der Waals surface area contributed by atoms with Crippen LogP contribution in [0.2, 0.25) is 0 Å². The van der Waals surface area contributed by atoms with Gasteiger partial charge in [0.1, 0.15) is 16.8 Å². The number of ether oxygens (including phenoxy) is 2. The highest BCUT2D eigenvalue weighted by atomic mass is 16.6. The Morgan fingerprint density at radius 2 is 2.00 bits per heavy atom. The lowest BCUT2D eigenvalue weighted by atomic mass is 9.64. The van der Waals surface area contributed by atoms with Gasteiger partial charge in [0.15, 0.2) is 0 Å². The molecular formula is C14H21NO6. The first-order chi connectivity index (χ1) is 9.64. The Bertz CT molecular complexity index is 459. The van der Waals surface area contributed by atoms with Gasteiger partial charge < -0.3 is 19.5 Å². The summed E-state index contributed by atoms with van der Waals surface area (Å²) in [5, 5.41) is 9.40. The molecule has 1 saturated heterocycles. The topological polar surface area (TPSA) is 93.1 Å². The number of hydrogen-bond donors (Lipinski definition) is 1. The minimum Gasteiger partial charge on any atom is -0.481 e. The lowest BCUT2D eigenvalue weighted by Gasteiger charge is -2.46. The fourth-order valence-corrected chi connectivity index (χ4v) is 2.64. The third-order valence-corrected chi connectivity index (χ3v) is 3.79. The molecule has 0 radical (unpaired) electrons. The maximum atomic E-state index is 12.1. The molecule has 0 aromatic heterocycles. The van der Waals surface area contributed by atoms with Gasteiger partial charge in [-0.3, -0.25) is 9.59 Å². The fraction of sp³-hybridized carbons (Fsp3) is 0.786. The Kier molecular flexibility index (Phi) is 3.97. The first-order valence-corrected chi connectivity index (χ1v) is 6.99. The molecule has 7 heteroatoms. The summed E-state index contributed by atoms with van der Waals surface area (Å²) in [7, 11) is 0. The van der Waals surface area contributed by atoms with Crippen molar-refractivity contribution in [3.63, 3.8) is 0 Å². The maximum absolute atomic E-state index is 12.1. The second-order valence-electron chi connectivity index (χ2n) is 6.64. The van der Waals surface area contributed by atoms with E-state index in [1.807, 2.05) is 0 Å². The van der Waals surface area contributed by atoms with Gasteiger partial charge in [0.25, 0.3) is 0 Å². The molecule has 118 valence electrons. The number of carbonyl (C=O) groups is 3. The van der Waals surface area contributed by atoms with E-state index >= 15 is 0 Å². The number of morpholine rings is 1. The smallest absolute Gasteiger partial charge is 0.410 e. The minimum atomic E-state index is -1.20. The SMILES string of the molecule is CC(C)(C)OC(=O)N1CCOC(C2(C(=O)O)CC(=O)C2)C1. The molecule has 1 saturated carbocycles. The van der Waals surface area contributed by atoms with Gasteiger partial charge in [-0.25, -0.2) is 4.79 Å². The van der Waals surface area contributed by atoms with E-state index in [9.17, 15) is 19.5 Å².